The number of hydrogen-bond acceptors (Lipinski definition) is 4. The second-order valence-electron chi connectivity index (χ2n) is 4.76. The Hall–Kier alpha value is -2.08. The van der Waals surface area contributed by atoms with Gasteiger partial charge in [0.25, 0.3) is 0 Å². The number of nitrogens with zero attached hydrogens (tertiary/aromatic N) is 1. The molecule has 1 rings (SSSR count). The van der Waals surface area contributed by atoms with Crippen molar-refractivity contribution in [3.05, 3.63) is 29.8 Å². The number of likely N-dealkylation sites (N-methyl/N-ethyl adjacent to an activating group) is 1. The summed E-state index contributed by atoms with van der Waals surface area (Å²) < 4.78 is 0. The van der Waals surface area contributed by atoms with Crippen LogP contribution in [0.4, 0.5) is 10.5 Å². The van der Waals surface area contributed by atoms with Crippen molar-refractivity contribution in [3.63, 3.8) is 0 Å². The van der Waals surface area contributed by atoms with Crippen LogP contribution in [0, 0.1) is 0 Å². The van der Waals surface area contributed by atoms with E-state index < -0.39 is 12.1 Å². The predicted octanol–water partition coefficient (Wildman–Crippen LogP) is 1.11. The van der Waals surface area contributed by atoms with Gasteiger partial charge in [-0.05, 0) is 38.6 Å². The van der Waals surface area contributed by atoms with Crippen LogP contribution >= 0.6 is 0 Å². The van der Waals surface area contributed by atoms with Gasteiger partial charge in [0.15, 0.2) is 0 Å². The molecule has 1 aromatic rings. The number of hydrogen-bond donors (Lipinski definition) is 3. The van der Waals surface area contributed by atoms with E-state index in [0.29, 0.717) is 5.69 Å². The van der Waals surface area contributed by atoms with Crippen LogP contribution in [0.1, 0.15) is 25.5 Å². The molecule has 0 saturated heterocycles. The van der Waals surface area contributed by atoms with Crippen molar-refractivity contribution in [2.75, 3.05) is 19.8 Å². The maximum atomic E-state index is 11.9. The molecular weight excluding hydrogens is 256 g/mol. The number of nitrogens with two attached hydrogens (primary N) is 1. The van der Waals surface area contributed by atoms with Gasteiger partial charge in [0.05, 0.1) is 6.04 Å². The highest BCUT2D eigenvalue weighted by Gasteiger charge is 2.24. The number of imide groups is 1. The number of benzene rings is 1. The van der Waals surface area contributed by atoms with E-state index in [1.165, 1.54) is 7.05 Å². The van der Waals surface area contributed by atoms with Gasteiger partial charge in [0, 0.05) is 18.8 Å². The summed E-state index contributed by atoms with van der Waals surface area (Å²) in [7, 11) is 3.30. The lowest BCUT2D eigenvalue weighted by molar-refractivity contribution is -0.125. The van der Waals surface area contributed by atoms with Gasteiger partial charge in [-0.1, -0.05) is 12.1 Å². The molecule has 2 unspecified atom stereocenters. The summed E-state index contributed by atoms with van der Waals surface area (Å²) in [5.74, 6) is -0.345. The summed E-state index contributed by atoms with van der Waals surface area (Å²) in [6.07, 6.45) is 0. The molecule has 6 heteroatoms. The fraction of sp³-hybridized carbons (Fsp3) is 0.429. The normalized spacial score (nSPS) is 13.7. The van der Waals surface area contributed by atoms with Crippen molar-refractivity contribution >= 4 is 17.6 Å². The molecule has 1 aromatic carbocycles. The van der Waals surface area contributed by atoms with Crippen molar-refractivity contribution in [3.8, 4) is 0 Å². The molecule has 110 valence electrons. The quantitative estimate of drug-likeness (QED) is 0.720. The van der Waals surface area contributed by atoms with Crippen LogP contribution in [-0.4, -0.2) is 37.0 Å². The third kappa shape index (κ3) is 3.96. The molecular formula is C14H22N4O2. The molecule has 0 aliphatic rings. The van der Waals surface area contributed by atoms with E-state index in [1.54, 1.807) is 6.92 Å². The zero-order valence-electron chi connectivity index (χ0n) is 12.3. The predicted molar refractivity (Wildman–Crippen MR) is 79.1 cm³/mol. The smallest absolute Gasteiger partial charge is 0.321 e. The van der Waals surface area contributed by atoms with Gasteiger partial charge < -0.3 is 11.1 Å². The zero-order valence-corrected chi connectivity index (χ0v) is 12.3. The highest BCUT2D eigenvalue weighted by Crippen LogP contribution is 2.22. The third-order valence-electron chi connectivity index (χ3n) is 3.46. The van der Waals surface area contributed by atoms with E-state index in [0.717, 1.165) is 5.56 Å². The first-order valence-electron chi connectivity index (χ1n) is 6.46. The first-order valence-corrected chi connectivity index (χ1v) is 6.46. The molecule has 0 saturated carbocycles. The van der Waals surface area contributed by atoms with Crippen LogP contribution in [0.2, 0.25) is 0 Å². The second kappa shape index (κ2) is 6.91. The van der Waals surface area contributed by atoms with Crippen molar-refractivity contribution < 1.29 is 9.59 Å². The molecule has 4 N–H and O–H groups in total. The molecule has 6 nitrogen and oxygen atoms in total. The van der Waals surface area contributed by atoms with Crippen LogP contribution in [0.3, 0.4) is 0 Å². The highest BCUT2D eigenvalue weighted by molar-refractivity contribution is 5.96. The Morgan fingerprint density at radius 3 is 2.50 bits per heavy atom. The highest BCUT2D eigenvalue weighted by atomic mass is 16.2. The summed E-state index contributed by atoms with van der Waals surface area (Å²) in [4.78, 5) is 25.0. The Bertz CT molecular complexity index is 490. The van der Waals surface area contributed by atoms with Crippen molar-refractivity contribution in [2.45, 2.75) is 25.9 Å². The fourth-order valence-electron chi connectivity index (χ4n) is 1.85. The van der Waals surface area contributed by atoms with Crippen LogP contribution in [0.15, 0.2) is 24.3 Å². The monoisotopic (exact) mass is 278 g/mol. The minimum absolute atomic E-state index is 0.00365. The van der Waals surface area contributed by atoms with Crippen LogP contribution < -0.4 is 16.4 Å². The van der Waals surface area contributed by atoms with E-state index in [4.69, 9.17) is 5.73 Å². The van der Waals surface area contributed by atoms with Gasteiger partial charge in [-0.25, -0.2) is 4.79 Å². The lowest BCUT2D eigenvalue weighted by atomic mass is 10.0. The van der Waals surface area contributed by atoms with Crippen LogP contribution in [-0.2, 0) is 4.79 Å². The number of anilines is 1. The number of amides is 3. The Morgan fingerprint density at radius 1 is 1.30 bits per heavy atom. The Kier molecular flexibility index (Phi) is 5.52. The first kappa shape index (κ1) is 16.0. The van der Waals surface area contributed by atoms with Gasteiger partial charge >= 0.3 is 6.03 Å². The third-order valence-corrected chi connectivity index (χ3v) is 3.46. The lowest BCUT2D eigenvalue weighted by Gasteiger charge is -2.30. The molecule has 0 heterocycles. The lowest BCUT2D eigenvalue weighted by Crippen LogP contribution is -2.48. The maximum absolute atomic E-state index is 11.9. The van der Waals surface area contributed by atoms with Gasteiger partial charge in [0.2, 0.25) is 5.91 Å². The van der Waals surface area contributed by atoms with Gasteiger partial charge in [0.1, 0.15) is 0 Å². The SMILES string of the molecule is CNC(=O)NC(=O)C(C)N(C)C(C)c1cccc(N)c1. The van der Waals surface area contributed by atoms with E-state index in [9.17, 15) is 9.59 Å². The zero-order chi connectivity index (χ0) is 15.3. The number of nitrogens with one attached hydrogen (secondary N) is 2. The molecule has 0 aliphatic heterocycles. The molecule has 0 bridgehead atoms. The first-order chi connectivity index (χ1) is 9.36. The molecule has 0 aromatic heterocycles. The number of rotatable bonds is 4. The molecule has 0 radical (unpaired) electrons. The Labute approximate surface area is 119 Å². The van der Waals surface area contributed by atoms with Crippen molar-refractivity contribution in [2.24, 2.45) is 0 Å². The average Bonchev–Trinajstić information content (AvgIpc) is 2.44. The van der Waals surface area contributed by atoms with Crippen LogP contribution in [0.5, 0.6) is 0 Å². The number of carbonyl (C=O) groups excluding carboxylic acids is 2. The van der Waals surface area contributed by atoms with E-state index in [-0.39, 0.29) is 11.9 Å². The van der Waals surface area contributed by atoms with Crippen molar-refractivity contribution in [1.82, 2.24) is 15.5 Å². The summed E-state index contributed by atoms with van der Waals surface area (Å²) >= 11 is 0. The molecule has 20 heavy (non-hydrogen) atoms. The van der Waals surface area contributed by atoms with E-state index in [2.05, 4.69) is 10.6 Å². The van der Waals surface area contributed by atoms with Crippen LogP contribution in [0.25, 0.3) is 0 Å². The molecule has 3 amide bonds. The number of nitrogen functional groups attached to an aromatic ring is 1. The van der Waals surface area contributed by atoms with Gasteiger partial charge in [-0.3, -0.25) is 15.0 Å². The van der Waals surface area contributed by atoms with Crippen molar-refractivity contribution in [1.29, 1.82) is 0 Å². The van der Waals surface area contributed by atoms with Gasteiger partial charge in [-0.2, -0.15) is 0 Å². The fourth-order valence-corrected chi connectivity index (χ4v) is 1.85. The summed E-state index contributed by atoms with van der Waals surface area (Å²) in [6, 6.07) is 6.59. The minimum Gasteiger partial charge on any atom is -0.399 e. The standard InChI is InChI=1S/C14H22N4O2/c1-9(11-6-5-7-12(15)8-11)18(4)10(2)13(19)17-14(20)16-3/h5-10H,15H2,1-4H3,(H2,16,17,19,20). The topological polar surface area (TPSA) is 87.5 Å². The molecule has 0 fully saturated rings. The Balaban J connectivity index is 2.75. The average molecular weight is 278 g/mol. The minimum atomic E-state index is -0.508. The van der Waals surface area contributed by atoms with Gasteiger partial charge in [-0.15, -0.1) is 0 Å². The number of urea groups is 1. The molecule has 2 atom stereocenters. The van der Waals surface area contributed by atoms with E-state index in [1.807, 2.05) is 43.1 Å². The largest absolute Gasteiger partial charge is 0.399 e. The van der Waals surface area contributed by atoms with E-state index >= 15 is 0 Å². The maximum Gasteiger partial charge on any atom is 0.321 e. The summed E-state index contributed by atoms with van der Waals surface area (Å²) in [5.41, 5.74) is 7.47. The Morgan fingerprint density at radius 2 is 1.95 bits per heavy atom. The molecule has 0 spiro atoms. The summed E-state index contributed by atoms with van der Waals surface area (Å²) in [6.45, 7) is 3.74. The second-order valence-corrected chi connectivity index (χ2v) is 4.76. The molecule has 0 aliphatic carbocycles. The summed E-state index contributed by atoms with van der Waals surface area (Å²) in [5, 5.41) is 4.62. The number of carbonyl (C=O) groups is 2.